The highest BCUT2D eigenvalue weighted by Crippen LogP contribution is 2.30. The van der Waals surface area contributed by atoms with Crippen LogP contribution in [0.15, 0.2) is 24.4 Å². The third-order valence-corrected chi connectivity index (χ3v) is 6.40. The van der Waals surface area contributed by atoms with Crippen molar-refractivity contribution in [2.45, 2.75) is 25.4 Å². The Balaban J connectivity index is 1.56. The first-order chi connectivity index (χ1) is 15.6. The van der Waals surface area contributed by atoms with Gasteiger partial charge in [0.15, 0.2) is 5.65 Å². The van der Waals surface area contributed by atoms with Crippen LogP contribution in [-0.4, -0.2) is 66.6 Å². The summed E-state index contributed by atoms with van der Waals surface area (Å²) in [5.41, 5.74) is 4.68. The molecule has 11 heteroatoms. The number of hydrogen-bond acceptors (Lipinski definition) is 8. The van der Waals surface area contributed by atoms with Gasteiger partial charge in [-0.15, -0.1) is 5.10 Å². The summed E-state index contributed by atoms with van der Waals surface area (Å²) in [4.78, 5) is 20.2. The zero-order valence-electron chi connectivity index (χ0n) is 18.0. The van der Waals surface area contributed by atoms with Crippen molar-refractivity contribution < 1.29 is 4.79 Å². The molecule has 3 N–H and O–H groups in total. The Bertz CT molecular complexity index is 1360. The largest absolute Gasteiger partial charge is 0.373 e. The molecule has 5 heterocycles. The number of carbonyl (C=O) groups excluding carboxylic acids is 1. The average Bonchev–Trinajstić information content (AvgIpc) is 3.50. The van der Waals surface area contributed by atoms with Gasteiger partial charge in [0.25, 0.3) is 5.91 Å². The molecular formula is C21H24N10O. The highest BCUT2D eigenvalue weighted by atomic mass is 16.1. The number of aryl methyl sites for hydroxylation is 1. The van der Waals surface area contributed by atoms with Crippen molar-refractivity contribution >= 4 is 39.9 Å². The molecular weight excluding hydrogens is 408 g/mol. The lowest BCUT2D eigenvalue weighted by Gasteiger charge is -2.25. The summed E-state index contributed by atoms with van der Waals surface area (Å²) >= 11 is 0. The quantitative estimate of drug-likeness (QED) is 0.414. The van der Waals surface area contributed by atoms with Crippen LogP contribution in [0.4, 0.5) is 17.3 Å². The molecule has 6 rings (SSSR count). The van der Waals surface area contributed by atoms with Crippen molar-refractivity contribution in [1.82, 2.24) is 39.8 Å². The predicted octanol–water partition coefficient (Wildman–Crippen LogP) is 1.50. The lowest BCUT2D eigenvalue weighted by Crippen LogP contribution is -2.39. The highest BCUT2D eigenvalue weighted by molar-refractivity contribution is 6.00. The lowest BCUT2D eigenvalue weighted by atomic mass is 10.1. The first-order valence-corrected chi connectivity index (χ1v) is 10.8. The van der Waals surface area contributed by atoms with E-state index in [9.17, 15) is 4.79 Å². The fourth-order valence-corrected chi connectivity index (χ4v) is 4.75. The monoisotopic (exact) mass is 432 g/mol. The molecule has 3 aromatic heterocycles. The van der Waals surface area contributed by atoms with E-state index >= 15 is 0 Å². The van der Waals surface area contributed by atoms with Crippen molar-refractivity contribution in [2.24, 2.45) is 7.05 Å². The lowest BCUT2D eigenvalue weighted by molar-refractivity contribution is 0.0941. The second-order valence-electron chi connectivity index (χ2n) is 8.40. The van der Waals surface area contributed by atoms with Gasteiger partial charge >= 0.3 is 0 Å². The van der Waals surface area contributed by atoms with Crippen molar-refractivity contribution in [2.75, 3.05) is 30.8 Å². The van der Waals surface area contributed by atoms with Crippen LogP contribution in [0.25, 0.3) is 16.7 Å². The van der Waals surface area contributed by atoms with Crippen LogP contribution < -0.4 is 16.0 Å². The van der Waals surface area contributed by atoms with E-state index in [4.69, 9.17) is 4.98 Å². The molecule has 32 heavy (non-hydrogen) atoms. The molecule has 0 saturated carbocycles. The smallest absolute Gasteiger partial charge is 0.256 e. The second-order valence-corrected chi connectivity index (χ2v) is 8.40. The van der Waals surface area contributed by atoms with Gasteiger partial charge in [0.1, 0.15) is 22.7 Å². The number of amides is 1. The molecule has 0 radical (unpaired) electrons. The average molecular weight is 432 g/mol. The number of fused-ring (bicyclic) bond motifs is 6. The minimum atomic E-state index is -0.162. The third kappa shape index (κ3) is 2.96. The molecule has 2 aliphatic heterocycles. The number of nitrogens with zero attached hydrogens (tertiary/aromatic N) is 7. The van der Waals surface area contributed by atoms with Gasteiger partial charge in [-0.2, -0.15) is 9.61 Å². The Morgan fingerprint density at radius 3 is 3.03 bits per heavy atom. The van der Waals surface area contributed by atoms with Gasteiger partial charge in [0, 0.05) is 39.3 Å². The minimum Gasteiger partial charge on any atom is -0.373 e. The number of benzene rings is 1. The number of carbonyl (C=O) groups is 1. The summed E-state index contributed by atoms with van der Waals surface area (Å²) in [5.74, 6) is 1.15. The van der Waals surface area contributed by atoms with Gasteiger partial charge in [0.2, 0.25) is 0 Å². The van der Waals surface area contributed by atoms with Crippen LogP contribution in [0.2, 0.25) is 0 Å². The summed E-state index contributed by atoms with van der Waals surface area (Å²) < 4.78 is 3.43. The SMILES string of the molecule is CNc1cc2nc3c(cnn13)C(=O)NC[C@@H]1CCCN1Cc1cc(c3nnn(C)c3c1)N2. The second kappa shape index (κ2) is 7.16. The molecule has 4 aromatic rings. The van der Waals surface area contributed by atoms with Crippen molar-refractivity contribution in [3.63, 3.8) is 0 Å². The molecule has 11 nitrogen and oxygen atoms in total. The van der Waals surface area contributed by atoms with Crippen molar-refractivity contribution in [3.8, 4) is 0 Å². The Morgan fingerprint density at radius 1 is 1.25 bits per heavy atom. The van der Waals surface area contributed by atoms with E-state index in [0.717, 1.165) is 48.5 Å². The summed E-state index contributed by atoms with van der Waals surface area (Å²) in [5, 5.41) is 22.6. The van der Waals surface area contributed by atoms with Gasteiger partial charge in [-0.3, -0.25) is 9.69 Å². The van der Waals surface area contributed by atoms with E-state index in [1.165, 1.54) is 5.56 Å². The van der Waals surface area contributed by atoms with Crippen LogP contribution in [0.3, 0.4) is 0 Å². The van der Waals surface area contributed by atoms with E-state index in [-0.39, 0.29) is 11.9 Å². The van der Waals surface area contributed by atoms with Gasteiger partial charge in [-0.1, -0.05) is 5.21 Å². The fraction of sp³-hybridized carbons (Fsp3) is 0.381. The molecule has 1 amide bonds. The number of rotatable bonds is 1. The van der Waals surface area contributed by atoms with Crippen LogP contribution in [-0.2, 0) is 13.6 Å². The maximum atomic E-state index is 13.0. The molecule has 1 saturated heterocycles. The Kier molecular flexibility index (Phi) is 4.25. The number of hydrogen-bond donors (Lipinski definition) is 3. The summed E-state index contributed by atoms with van der Waals surface area (Å²) in [6.07, 6.45) is 3.75. The molecule has 164 valence electrons. The normalized spacial score (nSPS) is 19.1. The van der Waals surface area contributed by atoms with Gasteiger partial charge in [-0.25, -0.2) is 9.67 Å². The molecule has 1 fully saturated rings. The Hall–Kier alpha value is -3.73. The summed E-state index contributed by atoms with van der Waals surface area (Å²) in [7, 11) is 3.71. The molecule has 4 bridgehead atoms. The van der Waals surface area contributed by atoms with Crippen molar-refractivity contribution in [3.05, 3.63) is 35.5 Å². The van der Waals surface area contributed by atoms with Gasteiger partial charge in [-0.05, 0) is 37.1 Å². The van der Waals surface area contributed by atoms with E-state index in [0.29, 0.717) is 23.6 Å². The third-order valence-electron chi connectivity index (χ3n) is 6.40. The van der Waals surface area contributed by atoms with E-state index < -0.39 is 0 Å². The molecule has 0 unspecified atom stereocenters. The summed E-state index contributed by atoms with van der Waals surface area (Å²) in [6, 6.07) is 6.42. The molecule has 0 spiro atoms. The standard InChI is InChI=1S/C21H24N10O/c1-22-18-8-17-25-15-6-12(7-16-19(15)27-28-29(16)2)11-30-5-3-4-13(30)9-23-21(32)14-10-24-31(18)20(14)26-17/h6-8,10,13,22H,3-5,9,11H2,1-2H3,(H,23,32)(H,25,26)/t13-/m0/s1. The van der Waals surface area contributed by atoms with Crippen molar-refractivity contribution in [1.29, 1.82) is 0 Å². The minimum absolute atomic E-state index is 0.162. The molecule has 2 aliphatic rings. The van der Waals surface area contributed by atoms with E-state index in [1.807, 2.05) is 20.2 Å². The molecule has 1 atom stereocenters. The number of nitrogens with one attached hydrogen (secondary N) is 3. The topological polar surface area (TPSA) is 117 Å². The Labute approximate surface area is 183 Å². The highest BCUT2D eigenvalue weighted by Gasteiger charge is 2.27. The fourth-order valence-electron chi connectivity index (χ4n) is 4.75. The zero-order chi connectivity index (χ0) is 21.8. The first kappa shape index (κ1) is 19.0. The van der Waals surface area contributed by atoms with Crippen LogP contribution in [0, 0.1) is 0 Å². The summed E-state index contributed by atoms with van der Waals surface area (Å²) in [6.45, 7) is 2.40. The van der Waals surface area contributed by atoms with E-state index in [2.05, 4.69) is 48.4 Å². The Morgan fingerprint density at radius 2 is 2.16 bits per heavy atom. The van der Waals surface area contributed by atoms with Crippen LogP contribution >= 0.6 is 0 Å². The van der Waals surface area contributed by atoms with Crippen LogP contribution in [0.5, 0.6) is 0 Å². The zero-order valence-corrected chi connectivity index (χ0v) is 18.0. The van der Waals surface area contributed by atoms with Gasteiger partial charge < -0.3 is 16.0 Å². The number of anilines is 3. The van der Waals surface area contributed by atoms with Crippen LogP contribution in [0.1, 0.15) is 28.8 Å². The van der Waals surface area contributed by atoms with Gasteiger partial charge in [0.05, 0.1) is 17.4 Å². The number of aromatic nitrogens is 6. The maximum Gasteiger partial charge on any atom is 0.256 e. The predicted molar refractivity (Wildman–Crippen MR) is 120 cm³/mol. The van der Waals surface area contributed by atoms with E-state index in [1.54, 1.807) is 15.4 Å². The molecule has 0 aliphatic carbocycles. The first-order valence-electron chi connectivity index (χ1n) is 10.8. The maximum absolute atomic E-state index is 13.0. The molecule has 1 aromatic carbocycles.